The lowest BCUT2D eigenvalue weighted by Crippen LogP contribution is -2.31. The molecule has 2 N–H and O–H groups in total. The van der Waals surface area contributed by atoms with Crippen LogP contribution in [0.15, 0.2) is 12.1 Å². The molecule has 2 fully saturated rings. The van der Waals surface area contributed by atoms with Crippen LogP contribution in [0.1, 0.15) is 19.3 Å². The maximum absolute atomic E-state index is 13.3. The molecule has 1 heterocycles. The van der Waals surface area contributed by atoms with Gasteiger partial charge in [-0.3, -0.25) is 4.79 Å². The molecule has 1 saturated carbocycles. The Morgan fingerprint density at radius 2 is 1.90 bits per heavy atom. The van der Waals surface area contributed by atoms with Crippen LogP contribution >= 0.6 is 23.2 Å². The number of piperidine rings is 1. The van der Waals surface area contributed by atoms with E-state index in [0.717, 1.165) is 32.4 Å². The molecule has 1 spiro atoms. The molecule has 1 aromatic rings. The molecule has 1 aromatic carbocycles. The number of amides is 1. The summed E-state index contributed by atoms with van der Waals surface area (Å²) in [6.45, 7) is 1.94. The van der Waals surface area contributed by atoms with Gasteiger partial charge in [0.2, 0.25) is 5.91 Å². The number of hydrogen-bond donors (Lipinski definition) is 2. The normalized spacial score (nSPS) is 23.6. The van der Waals surface area contributed by atoms with Gasteiger partial charge in [-0.05, 0) is 49.9 Å². The molecule has 1 aliphatic carbocycles. The number of carbonyl (C=O) groups is 1. The van der Waals surface area contributed by atoms with E-state index in [1.54, 1.807) is 0 Å². The van der Waals surface area contributed by atoms with Crippen molar-refractivity contribution in [2.75, 3.05) is 18.4 Å². The Balaban J connectivity index is 1.68. The zero-order valence-corrected chi connectivity index (χ0v) is 12.3. The third-order valence-electron chi connectivity index (χ3n) is 4.36. The van der Waals surface area contributed by atoms with E-state index in [9.17, 15) is 9.18 Å². The molecule has 1 aliphatic heterocycles. The Hall–Kier alpha value is -0.840. The van der Waals surface area contributed by atoms with E-state index in [2.05, 4.69) is 10.6 Å². The molecule has 1 saturated heterocycles. The quantitative estimate of drug-likeness (QED) is 0.820. The zero-order valence-electron chi connectivity index (χ0n) is 10.8. The van der Waals surface area contributed by atoms with E-state index < -0.39 is 5.82 Å². The second-order valence-corrected chi connectivity index (χ2v) is 6.43. The molecule has 0 bridgehead atoms. The summed E-state index contributed by atoms with van der Waals surface area (Å²) in [6, 6.07) is 2.77. The van der Waals surface area contributed by atoms with Crippen LogP contribution in [-0.2, 0) is 4.79 Å². The van der Waals surface area contributed by atoms with Crippen molar-refractivity contribution in [2.45, 2.75) is 19.3 Å². The number of carbonyl (C=O) groups excluding carboxylic acids is 1. The fraction of sp³-hybridized carbons (Fsp3) is 0.500. The first-order valence-corrected chi connectivity index (χ1v) is 7.44. The highest BCUT2D eigenvalue weighted by molar-refractivity contribution is 6.35. The van der Waals surface area contributed by atoms with Crippen molar-refractivity contribution >= 4 is 34.8 Å². The van der Waals surface area contributed by atoms with Gasteiger partial charge in [-0.25, -0.2) is 4.39 Å². The maximum atomic E-state index is 13.3. The van der Waals surface area contributed by atoms with E-state index in [4.69, 9.17) is 23.2 Å². The molecule has 6 heteroatoms. The number of anilines is 1. The molecule has 3 nitrogen and oxygen atoms in total. The first-order chi connectivity index (χ1) is 9.52. The van der Waals surface area contributed by atoms with Gasteiger partial charge in [0, 0.05) is 11.6 Å². The van der Waals surface area contributed by atoms with Gasteiger partial charge in [0.05, 0.1) is 10.0 Å². The monoisotopic (exact) mass is 316 g/mol. The van der Waals surface area contributed by atoms with Crippen LogP contribution < -0.4 is 10.6 Å². The smallest absolute Gasteiger partial charge is 0.228 e. The Labute approximate surface area is 126 Å². The van der Waals surface area contributed by atoms with Crippen LogP contribution in [0.5, 0.6) is 0 Å². The number of halogens is 3. The van der Waals surface area contributed by atoms with Crippen molar-refractivity contribution in [3.05, 3.63) is 28.0 Å². The van der Waals surface area contributed by atoms with Crippen molar-refractivity contribution in [2.24, 2.45) is 11.3 Å². The topological polar surface area (TPSA) is 41.1 Å². The molecule has 1 unspecified atom stereocenters. The molecule has 0 aromatic heterocycles. The largest absolute Gasteiger partial charge is 0.326 e. The van der Waals surface area contributed by atoms with Crippen molar-refractivity contribution in [1.29, 1.82) is 0 Å². The first kappa shape index (κ1) is 14.1. The standard InChI is InChI=1S/C14H15Cl2FN2O/c15-10-5-8(6-11(16)12(10)17)19-13(20)9-7-14(9)1-3-18-4-2-14/h5-6,9,18H,1-4,7H2,(H,19,20). The SMILES string of the molecule is O=C(Nc1cc(Cl)c(F)c(Cl)c1)C1CC12CCNCC2. The molecule has 1 amide bonds. The fourth-order valence-corrected chi connectivity index (χ4v) is 3.54. The minimum absolute atomic E-state index is 0.0226. The zero-order chi connectivity index (χ0) is 14.3. The molecule has 2 aliphatic rings. The van der Waals surface area contributed by atoms with E-state index in [0.29, 0.717) is 5.69 Å². The first-order valence-electron chi connectivity index (χ1n) is 6.68. The Morgan fingerprint density at radius 3 is 2.50 bits per heavy atom. The van der Waals surface area contributed by atoms with Gasteiger partial charge in [-0.2, -0.15) is 0 Å². The second-order valence-electron chi connectivity index (χ2n) is 5.61. The van der Waals surface area contributed by atoms with Gasteiger partial charge in [0.15, 0.2) is 5.82 Å². The number of hydrogen-bond acceptors (Lipinski definition) is 2. The summed E-state index contributed by atoms with van der Waals surface area (Å²) in [4.78, 5) is 12.2. The van der Waals surface area contributed by atoms with Crippen LogP contribution in [0.25, 0.3) is 0 Å². The number of nitrogens with one attached hydrogen (secondary N) is 2. The molecule has 1 atom stereocenters. The summed E-state index contributed by atoms with van der Waals surface area (Å²) in [5.74, 6) is -0.634. The van der Waals surface area contributed by atoms with E-state index >= 15 is 0 Å². The van der Waals surface area contributed by atoms with Crippen molar-refractivity contribution in [3.8, 4) is 0 Å². The van der Waals surface area contributed by atoms with Crippen LogP contribution in [0.2, 0.25) is 10.0 Å². The summed E-state index contributed by atoms with van der Waals surface area (Å²) in [6.07, 6.45) is 3.01. The van der Waals surface area contributed by atoms with Gasteiger partial charge in [-0.15, -0.1) is 0 Å². The summed E-state index contributed by atoms with van der Waals surface area (Å²) in [5, 5.41) is 5.93. The predicted molar refractivity (Wildman–Crippen MR) is 77.7 cm³/mol. The molecule has 108 valence electrons. The lowest BCUT2D eigenvalue weighted by Gasteiger charge is -2.23. The van der Waals surface area contributed by atoms with Gasteiger partial charge in [0.25, 0.3) is 0 Å². The highest BCUT2D eigenvalue weighted by atomic mass is 35.5. The minimum atomic E-state index is -0.660. The lowest BCUT2D eigenvalue weighted by atomic mass is 9.92. The average Bonchev–Trinajstić information content (AvgIpc) is 3.10. The van der Waals surface area contributed by atoms with Gasteiger partial charge in [0.1, 0.15) is 0 Å². The third-order valence-corrected chi connectivity index (χ3v) is 4.91. The summed E-state index contributed by atoms with van der Waals surface area (Å²) < 4.78 is 13.3. The lowest BCUT2D eigenvalue weighted by molar-refractivity contribution is -0.118. The third kappa shape index (κ3) is 2.52. The van der Waals surface area contributed by atoms with E-state index in [1.807, 2.05) is 0 Å². The molecule has 3 rings (SSSR count). The number of benzene rings is 1. The summed E-state index contributed by atoms with van der Waals surface area (Å²) >= 11 is 11.4. The van der Waals surface area contributed by atoms with E-state index in [1.165, 1.54) is 12.1 Å². The van der Waals surface area contributed by atoms with Crippen LogP contribution in [0, 0.1) is 17.2 Å². The van der Waals surface area contributed by atoms with Crippen molar-refractivity contribution in [1.82, 2.24) is 5.32 Å². The Kier molecular flexibility index (Phi) is 3.65. The van der Waals surface area contributed by atoms with Crippen LogP contribution in [0.3, 0.4) is 0 Å². The summed E-state index contributed by atoms with van der Waals surface area (Å²) in [7, 11) is 0. The van der Waals surface area contributed by atoms with Crippen molar-refractivity contribution < 1.29 is 9.18 Å². The highest BCUT2D eigenvalue weighted by Gasteiger charge is 2.57. The molecule has 20 heavy (non-hydrogen) atoms. The number of rotatable bonds is 2. The van der Waals surface area contributed by atoms with Gasteiger partial charge >= 0.3 is 0 Å². The van der Waals surface area contributed by atoms with Crippen molar-refractivity contribution in [3.63, 3.8) is 0 Å². The minimum Gasteiger partial charge on any atom is -0.326 e. The predicted octanol–water partition coefficient (Wildman–Crippen LogP) is 3.46. The van der Waals surface area contributed by atoms with Gasteiger partial charge < -0.3 is 10.6 Å². The molecular weight excluding hydrogens is 302 g/mol. The van der Waals surface area contributed by atoms with Crippen LogP contribution in [-0.4, -0.2) is 19.0 Å². The Bertz CT molecular complexity index is 535. The molecule has 0 radical (unpaired) electrons. The van der Waals surface area contributed by atoms with Crippen LogP contribution in [0.4, 0.5) is 10.1 Å². The maximum Gasteiger partial charge on any atom is 0.228 e. The Morgan fingerprint density at radius 1 is 1.30 bits per heavy atom. The van der Waals surface area contributed by atoms with Gasteiger partial charge in [-0.1, -0.05) is 23.2 Å². The fourth-order valence-electron chi connectivity index (χ4n) is 3.05. The van der Waals surface area contributed by atoms with E-state index in [-0.39, 0.29) is 27.3 Å². The molecular formula is C14H15Cl2FN2O. The highest BCUT2D eigenvalue weighted by Crippen LogP contribution is 2.58. The summed E-state index contributed by atoms with van der Waals surface area (Å²) in [5.41, 5.74) is 0.616. The second kappa shape index (κ2) is 5.17. The average molecular weight is 317 g/mol.